The lowest BCUT2D eigenvalue weighted by molar-refractivity contribution is -0.385. The maximum absolute atomic E-state index is 12.8. The number of halogens is 1. The average molecular weight is 322 g/mol. The van der Waals surface area contributed by atoms with Crippen molar-refractivity contribution in [2.24, 2.45) is 0 Å². The van der Waals surface area contributed by atoms with Crippen molar-refractivity contribution in [1.29, 1.82) is 0 Å². The van der Waals surface area contributed by atoms with Gasteiger partial charge in [-0.2, -0.15) is 5.10 Å². The number of carbonyl (C=O) groups excluding carboxylic acids is 1. The molecule has 0 spiro atoms. The molecule has 122 valence electrons. The maximum atomic E-state index is 12.8. The van der Waals surface area contributed by atoms with Crippen molar-refractivity contribution >= 4 is 11.6 Å². The van der Waals surface area contributed by atoms with Crippen molar-refractivity contribution in [2.45, 2.75) is 20.0 Å². The number of aryl methyl sites for hydroxylation is 1. The summed E-state index contributed by atoms with van der Waals surface area (Å²) < 4.78 is 18.3. The van der Waals surface area contributed by atoms with Crippen LogP contribution >= 0.6 is 0 Å². The second-order valence-electron chi connectivity index (χ2n) is 4.90. The summed E-state index contributed by atoms with van der Waals surface area (Å²) in [6.07, 6.45) is -0.413. The van der Waals surface area contributed by atoms with Crippen molar-refractivity contribution in [3.8, 4) is 5.75 Å². The van der Waals surface area contributed by atoms with Crippen LogP contribution in [0.25, 0.3) is 0 Å². The number of hydrogen-bond acceptors (Lipinski definition) is 5. The predicted octanol–water partition coefficient (Wildman–Crippen LogP) is 1.96. The van der Waals surface area contributed by atoms with Gasteiger partial charge >= 0.3 is 5.69 Å². The molecule has 0 fully saturated rings. The third-order valence-electron chi connectivity index (χ3n) is 3.01. The molecule has 0 aliphatic heterocycles. The molecule has 0 radical (unpaired) electrons. The molecule has 9 heteroatoms. The van der Waals surface area contributed by atoms with Crippen molar-refractivity contribution in [2.75, 3.05) is 6.54 Å². The number of amides is 1. The molecule has 2 N–H and O–H groups in total. The largest absolute Gasteiger partial charge is 0.489 e. The quantitative estimate of drug-likeness (QED) is 0.624. The summed E-state index contributed by atoms with van der Waals surface area (Å²) in [6.45, 7) is 3.27. The van der Waals surface area contributed by atoms with E-state index in [-0.39, 0.29) is 29.4 Å². The number of rotatable bonds is 6. The standard InChI is InChI=1S/C14H15FN4O4/c1-8(23-11-5-3-10(15)4-6-11)7-16-14(20)12-13(19(21)22)9(2)17-18-12/h3-6,8H,7H2,1-2H3,(H,16,20)(H,17,18). The van der Waals surface area contributed by atoms with Crippen molar-refractivity contribution < 1.29 is 18.8 Å². The normalized spacial score (nSPS) is 11.8. The highest BCUT2D eigenvalue weighted by Gasteiger charge is 2.27. The van der Waals surface area contributed by atoms with E-state index in [0.29, 0.717) is 5.75 Å². The van der Waals surface area contributed by atoms with E-state index in [2.05, 4.69) is 15.5 Å². The van der Waals surface area contributed by atoms with E-state index < -0.39 is 16.9 Å². The Kier molecular flexibility index (Phi) is 4.89. The zero-order valence-electron chi connectivity index (χ0n) is 12.5. The first kappa shape index (κ1) is 16.4. The van der Waals surface area contributed by atoms with Gasteiger partial charge in [-0.1, -0.05) is 0 Å². The van der Waals surface area contributed by atoms with Gasteiger partial charge in [-0.15, -0.1) is 0 Å². The number of carbonyl (C=O) groups is 1. The lowest BCUT2D eigenvalue weighted by Gasteiger charge is -2.15. The highest BCUT2D eigenvalue weighted by Crippen LogP contribution is 2.19. The molecule has 0 saturated carbocycles. The van der Waals surface area contributed by atoms with E-state index in [1.807, 2.05) is 0 Å². The lowest BCUT2D eigenvalue weighted by atomic mass is 10.3. The fourth-order valence-corrected chi connectivity index (χ4v) is 1.91. The Balaban J connectivity index is 1.94. The Labute approximate surface area is 130 Å². The van der Waals surface area contributed by atoms with Gasteiger partial charge in [0.15, 0.2) is 0 Å². The smallest absolute Gasteiger partial charge is 0.322 e. The molecule has 23 heavy (non-hydrogen) atoms. The van der Waals surface area contributed by atoms with Gasteiger partial charge in [0.25, 0.3) is 5.91 Å². The van der Waals surface area contributed by atoms with Crippen LogP contribution < -0.4 is 10.1 Å². The van der Waals surface area contributed by atoms with E-state index >= 15 is 0 Å². The minimum atomic E-state index is -0.671. The monoisotopic (exact) mass is 322 g/mol. The Hall–Kier alpha value is -2.97. The zero-order valence-corrected chi connectivity index (χ0v) is 12.5. The predicted molar refractivity (Wildman–Crippen MR) is 78.8 cm³/mol. The number of nitrogens with zero attached hydrogens (tertiary/aromatic N) is 2. The fraction of sp³-hybridized carbons (Fsp3) is 0.286. The summed E-state index contributed by atoms with van der Waals surface area (Å²) in [6, 6.07) is 5.46. The first-order valence-electron chi connectivity index (χ1n) is 6.78. The summed E-state index contributed by atoms with van der Waals surface area (Å²) >= 11 is 0. The topological polar surface area (TPSA) is 110 Å². The molecule has 1 aromatic heterocycles. The van der Waals surface area contributed by atoms with Crippen LogP contribution in [0.2, 0.25) is 0 Å². The van der Waals surface area contributed by atoms with E-state index in [4.69, 9.17) is 4.74 Å². The Morgan fingerprint density at radius 3 is 2.74 bits per heavy atom. The van der Waals surface area contributed by atoms with Gasteiger partial charge in [-0.25, -0.2) is 4.39 Å². The first-order valence-corrected chi connectivity index (χ1v) is 6.78. The summed E-state index contributed by atoms with van der Waals surface area (Å²) in [7, 11) is 0. The summed E-state index contributed by atoms with van der Waals surface area (Å²) in [5.74, 6) is -0.593. The molecule has 1 heterocycles. The van der Waals surface area contributed by atoms with Gasteiger partial charge in [-0.3, -0.25) is 20.0 Å². The van der Waals surface area contributed by atoms with Crippen LogP contribution in [-0.4, -0.2) is 33.7 Å². The van der Waals surface area contributed by atoms with Crippen LogP contribution in [0.4, 0.5) is 10.1 Å². The molecule has 0 bridgehead atoms. The Morgan fingerprint density at radius 1 is 1.48 bits per heavy atom. The third-order valence-corrected chi connectivity index (χ3v) is 3.01. The van der Waals surface area contributed by atoms with Gasteiger partial charge in [0.05, 0.1) is 11.5 Å². The molecule has 1 amide bonds. The van der Waals surface area contributed by atoms with Crippen LogP contribution in [0.3, 0.4) is 0 Å². The summed E-state index contributed by atoms with van der Waals surface area (Å²) in [4.78, 5) is 22.2. The number of ether oxygens (including phenoxy) is 1. The highest BCUT2D eigenvalue weighted by molar-refractivity contribution is 5.96. The average Bonchev–Trinajstić information content (AvgIpc) is 2.89. The molecule has 1 atom stereocenters. The van der Waals surface area contributed by atoms with Crippen LogP contribution in [0, 0.1) is 22.9 Å². The summed E-state index contributed by atoms with van der Waals surface area (Å²) in [5, 5.41) is 19.5. The van der Waals surface area contributed by atoms with Gasteiger partial charge in [-0.05, 0) is 38.1 Å². The van der Waals surface area contributed by atoms with E-state index in [1.54, 1.807) is 6.92 Å². The van der Waals surface area contributed by atoms with Crippen LogP contribution in [0.1, 0.15) is 23.1 Å². The molecule has 1 aromatic carbocycles. The minimum Gasteiger partial charge on any atom is -0.489 e. The maximum Gasteiger partial charge on any atom is 0.322 e. The van der Waals surface area contributed by atoms with Crippen molar-refractivity contribution in [1.82, 2.24) is 15.5 Å². The number of hydrogen-bond donors (Lipinski definition) is 2. The van der Waals surface area contributed by atoms with Gasteiger partial charge in [0.2, 0.25) is 5.69 Å². The molecule has 8 nitrogen and oxygen atoms in total. The van der Waals surface area contributed by atoms with Crippen LogP contribution in [-0.2, 0) is 0 Å². The van der Waals surface area contributed by atoms with E-state index in [1.165, 1.54) is 31.2 Å². The molecular formula is C14H15FN4O4. The van der Waals surface area contributed by atoms with E-state index in [0.717, 1.165) is 0 Å². The molecule has 0 aliphatic rings. The summed E-state index contributed by atoms with van der Waals surface area (Å²) in [5.41, 5.74) is -0.424. The molecule has 1 unspecified atom stereocenters. The lowest BCUT2D eigenvalue weighted by Crippen LogP contribution is -2.34. The fourth-order valence-electron chi connectivity index (χ4n) is 1.91. The minimum absolute atomic E-state index is 0.110. The third kappa shape index (κ3) is 4.02. The number of aromatic amines is 1. The van der Waals surface area contributed by atoms with Gasteiger partial charge in [0.1, 0.15) is 23.4 Å². The number of aromatic nitrogens is 2. The molecule has 0 saturated heterocycles. The highest BCUT2D eigenvalue weighted by atomic mass is 19.1. The molecule has 0 aliphatic carbocycles. The molecule has 2 aromatic rings. The number of nitrogens with one attached hydrogen (secondary N) is 2. The number of benzene rings is 1. The molecule has 2 rings (SSSR count). The Bertz CT molecular complexity index is 714. The van der Waals surface area contributed by atoms with Crippen LogP contribution in [0.5, 0.6) is 5.75 Å². The Morgan fingerprint density at radius 2 is 2.13 bits per heavy atom. The van der Waals surface area contributed by atoms with Gasteiger partial charge in [0, 0.05) is 0 Å². The molecular weight excluding hydrogens is 307 g/mol. The zero-order chi connectivity index (χ0) is 17.0. The van der Waals surface area contributed by atoms with E-state index in [9.17, 15) is 19.3 Å². The first-order chi connectivity index (χ1) is 10.9. The second-order valence-corrected chi connectivity index (χ2v) is 4.90. The number of H-pyrrole nitrogens is 1. The second kappa shape index (κ2) is 6.86. The van der Waals surface area contributed by atoms with Crippen molar-refractivity contribution in [3.63, 3.8) is 0 Å². The number of nitro groups is 1. The van der Waals surface area contributed by atoms with Gasteiger partial charge < -0.3 is 10.1 Å². The van der Waals surface area contributed by atoms with Crippen LogP contribution in [0.15, 0.2) is 24.3 Å². The SMILES string of the molecule is Cc1[nH]nc(C(=O)NCC(C)Oc2ccc(F)cc2)c1[N+](=O)[O-]. The van der Waals surface area contributed by atoms with Crippen molar-refractivity contribution in [3.05, 3.63) is 51.6 Å².